The topological polar surface area (TPSA) is 112 Å². The molecule has 0 fully saturated rings. The van der Waals surface area contributed by atoms with E-state index < -0.39 is 0 Å². The van der Waals surface area contributed by atoms with Crippen LogP contribution in [0.1, 0.15) is 11.4 Å². The Bertz CT molecular complexity index is 1000. The molecule has 0 spiro atoms. The van der Waals surface area contributed by atoms with E-state index in [0.717, 1.165) is 22.4 Å². The van der Waals surface area contributed by atoms with Crippen LogP contribution >= 0.6 is 0 Å². The fourth-order valence-corrected chi connectivity index (χ4v) is 2.70. The van der Waals surface area contributed by atoms with Gasteiger partial charge < -0.3 is 15.6 Å². The van der Waals surface area contributed by atoms with E-state index in [1.54, 1.807) is 10.9 Å². The average Bonchev–Trinajstić information content (AvgIpc) is 3.20. The molecule has 4 heterocycles. The van der Waals surface area contributed by atoms with Crippen molar-refractivity contribution in [2.75, 3.05) is 11.1 Å². The summed E-state index contributed by atoms with van der Waals surface area (Å²) in [6.07, 6.45) is 5.59. The van der Waals surface area contributed by atoms with Crippen molar-refractivity contribution in [3.63, 3.8) is 0 Å². The quantitative estimate of drug-likeness (QED) is 0.563. The molecule has 4 rings (SSSR count). The van der Waals surface area contributed by atoms with Crippen molar-refractivity contribution in [1.29, 1.82) is 0 Å². The Morgan fingerprint density at radius 2 is 2.08 bits per heavy atom. The monoisotopic (exact) mass is 335 g/mol. The molecule has 0 aliphatic heterocycles. The van der Waals surface area contributed by atoms with Crippen molar-refractivity contribution in [3.05, 3.63) is 54.2 Å². The molecule has 0 unspecified atom stereocenters. The summed E-state index contributed by atoms with van der Waals surface area (Å²) in [5.41, 5.74) is 9.28. The first kappa shape index (κ1) is 15.1. The number of nitrogens with zero attached hydrogens (tertiary/aromatic N) is 7. The van der Waals surface area contributed by atoms with E-state index in [9.17, 15) is 0 Å². The van der Waals surface area contributed by atoms with Crippen LogP contribution in [0.15, 0.2) is 42.9 Å². The molecule has 3 N–H and O–H groups in total. The van der Waals surface area contributed by atoms with Crippen LogP contribution in [0.2, 0.25) is 0 Å². The van der Waals surface area contributed by atoms with Gasteiger partial charge in [0.15, 0.2) is 5.82 Å². The van der Waals surface area contributed by atoms with Gasteiger partial charge in [0.05, 0.1) is 24.3 Å². The maximum Gasteiger partial charge on any atom is 0.222 e. The number of aryl methyl sites for hydroxylation is 1. The molecule has 0 aliphatic rings. The van der Waals surface area contributed by atoms with Crippen LogP contribution in [0.5, 0.6) is 0 Å². The van der Waals surface area contributed by atoms with Crippen molar-refractivity contribution < 1.29 is 0 Å². The lowest BCUT2D eigenvalue weighted by Gasteiger charge is -2.10. The second-order valence-corrected chi connectivity index (χ2v) is 5.67. The Morgan fingerprint density at radius 3 is 2.84 bits per heavy atom. The molecular weight excluding hydrogens is 318 g/mol. The van der Waals surface area contributed by atoms with Gasteiger partial charge in [-0.2, -0.15) is 4.98 Å². The van der Waals surface area contributed by atoms with E-state index in [-0.39, 0.29) is 5.95 Å². The highest BCUT2D eigenvalue weighted by molar-refractivity contribution is 5.87. The zero-order valence-corrected chi connectivity index (χ0v) is 13.7. The smallest absolute Gasteiger partial charge is 0.222 e. The Hall–Kier alpha value is -3.49. The van der Waals surface area contributed by atoms with Gasteiger partial charge in [-0.1, -0.05) is 11.3 Å². The predicted octanol–water partition coefficient (Wildman–Crippen LogP) is 1.20. The summed E-state index contributed by atoms with van der Waals surface area (Å²) in [5.74, 6) is 0.888. The number of hydrogen-bond acceptors (Lipinski definition) is 7. The lowest BCUT2D eigenvalue weighted by Crippen LogP contribution is -2.08. The maximum atomic E-state index is 5.84. The van der Waals surface area contributed by atoms with Crippen molar-refractivity contribution in [1.82, 2.24) is 34.5 Å². The van der Waals surface area contributed by atoms with E-state index in [1.165, 1.54) is 0 Å². The lowest BCUT2D eigenvalue weighted by molar-refractivity contribution is 0.713. The summed E-state index contributed by atoms with van der Waals surface area (Å²) >= 11 is 0. The van der Waals surface area contributed by atoms with Gasteiger partial charge in [-0.3, -0.25) is 9.67 Å². The van der Waals surface area contributed by atoms with Crippen LogP contribution in [0.25, 0.3) is 11.0 Å². The van der Waals surface area contributed by atoms with Gasteiger partial charge in [-0.15, -0.1) is 5.10 Å². The lowest BCUT2D eigenvalue weighted by atomic mass is 10.3. The highest BCUT2D eigenvalue weighted by atomic mass is 15.4. The highest BCUT2D eigenvalue weighted by Crippen LogP contribution is 2.23. The van der Waals surface area contributed by atoms with Crippen molar-refractivity contribution in [3.8, 4) is 0 Å². The minimum Gasteiger partial charge on any atom is -0.368 e. The number of aromatic nitrogens is 7. The molecule has 25 heavy (non-hydrogen) atoms. The molecule has 0 saturated heterocycles. The number of nitrogens with two attached hydrogens (primary N) is 1. The Morgan fingerprint density at radius 1 is 1.16 bits per heavy atom. The number of rotatable bonds is 5. The minimum absolute atomic E-state index is 0.227. The highest BCUT2D eigenvalue weighted by Gasteiger charge is 2.12. The van der Waals surface area contributed by atoms with Gasteiger partial charge in [0.25, 0.3) is 0 Å². The summed E-state index contributed by atoms with van der Waals surface area (Å²) in [7, 11) is 1.83. The van der Waals surface area contributed by atoms with E-state index in [1.807, 2.05) is 43.7 Å². The standard InChI is InChI=1S/C16H17N9/c1-24-9-12(22-23-24)8-19-15-14-13(20-16(17)21-15)5-7-25(14)10-11-4-2-3-6-18-11/h2-7,9H,8,10H2,1H3,(H3,17,19,20,21). The molecule has 0 aromatic carbocycles. The van der Waals surface area contributed by atoms with Crippen LogP contribution in [0.4, 0.5) is 11.8 Å². The third kappa shape index (κ3) is 3.11. The normalized spacial score (nSPS) is 11.1. The van der Waals surface area contributed by atoms with Crippen molar-refractivity contribution >= 4 is 22.8 Å². The summed E-state index contributed by atoms with van der Waals surface area (Å²) in [4.78, 5) is 13.0. The number of pyridine rings is 1. The van der Waals surface area contributed by atoms with Gasteiger partial charge in [-0.05, 0) is 18.2 Å². The number of anilines is 2. The van der Waals surface area contributed by atoms with Gasteiger partial charge >= 0.3 is 0 Å². The molecular formula is C16H17N9. The van der Waals surface area contributed by atoms with E-state index >= 15 is 0 Å². The van der Waals surface area contributed by atoms with Gasteiger partial charge in [0.1, 0.15) is 11.2 Å². The Labute approximate surface area is 143 Å². The Balaban J connectivity index is 1.68. The molecule has 0 radical (unpaired) electrons. The first-order valence-electron chi connectivity index (χ1n) is 7.80. The summed E-state index contributed by atoms with van der Waals surface area (Å²) < 4.78 is 3.71. The zero-order valence-electron chi connectivity index (χ0n) is 13.7. The molecule has 0 amide bonds. The molecule has 9 nitrogen and oxygen atoms in total. The SMILES string of the molecule is Cn1cc(CNc2nc(N)nc3ccn(Cc4ccccn4)c23)nn1. The number of nitrogen functional groups attached to an aromatic ring is 1. The summed E-state index contributed by atoms with van der Waals surface area (Å²) in [6.45, 7) is 1.12. The number of nitrogens with one attached hydrogen (secondary N) is 1. The molecule has 0 bridgehead atoms. The summed E-state index contributed by atoms with van der Waals surface area (Å²) in [5, 5.41) is 11.3. The number of hydrogen-bond donors (Lipinski definition) is 2. The third-order valence-corrected chi connectivity index (χ3v) is 3.77. The fourth-order valence-electron chi connectivity index (χ4n) is 2.70. The van der Waals surface area contributed by atoms with Crippen LogP contribution in [0.3, 0.4) is 0 Å². The summed E-state index contributed by atoms with van der Waals surface area (Å²) in [6, 6.07) is 7.77. The first-order chi connectivity index (χ1) is 12.2. The van der Waals surface area contributed by atoms with Crippen LogP contribution in [0, 0.1) is 0 Å². The molecule has 0 aliphatic carbocycles. The second-order valence-electron chi connectivity index (χ2n) is 5.67. The molecule has 4 aromatic rings. The molecule has 126 valence electrons. The largest absolute Gasteiger partial charge is 0.368 e. The average molecular weight is 335 g/mol. The minimum atomic E-state index is 0.227. The molecule has 0 atom stereocenters. The molecule has 9 heteroatoms. The van der Waals surface area contributed by atoms with E-state index in [2.05, 4.69) is 35.1 Å². The maximum absolute atomic E-state index is 5.84. The molecule has 0 saturated carbocycles. The number of fused-ring (bicyclic) bond motifs is 1. The van der Waals surface area contributed by atoms with Gasteiger partial charge in [-0.25, -0.2) is 4.98 Å². The van der Waals surface area contributed by atoms with Gasteiger partial charge in [0, 0.05) is 25.6 Å². The van der Waals surface area contributed by atoms with E-state index in [4.69, 9.17) is 5.73 Å². The predicted molar refractivity (Wildman–Crippen MR) is 93.6 cm³/mol. The Kier molecular flexibility index (Phi) is 3.73. The van der Waals surface area contributed by atoms with Crippen LogP contribution in [-0.4, -0.2) is 34.5 Å². The van der Waals surface area contributed by atoms with Crippen LogP contribution in [-0.2, 0) is 20.1 Å². The zero-order chi connectivity index (χ0) is 17.2. The second kappa shape index (κ2) is 6.19. The van der Waals surface area contributed by atoms with Crippen molar-refractivity contribution in [2.24, 2.45) is 7.05 Å². The fraction of sp³-hybridized carbons (Fsp3) is 0.188. The van der Waals surface area contributed by atoms with Crippen molar-refractivity contribution in [2.45, 2.75) is 13.1 Å². The first-order valence-corrected chi connectivity index (χ1v) is 7.80. The van der Waals surface area contributed by atoms with Gasteiger partial charge in [0.2, 0.25) is 5.95 Å². The van der Waals surface area contributed by atoms with Crippen LogP contribution < -0.4 is 11.1 Å². The molecule has 4 aromatic heterocycles. The van der Waals surface area contributed by atoms with E-state index in [0.29, 0.717) is 18.9 Å². The third-order valence-electron chi connectivity index (χ3n) is 3.77.